The molecule has 0 aliphatic heterocycles. The molecule has 0 aliphatic carbocycles. The molecule has 0 aliphatic rings. The second-order valence-electron chi connectivity index (χ2n) is 6.21. The predicted molar refractivity (Wildman–Crippen MR) is 115 cm³/mol. The van der Waals surface area contributed by atoms with Gasteiger partial charge in [0, 0.05) is 5.38 Å². The van der Waals surface area contributed by atoms with Crippen LogP contribution in [0.3, 0.4) is 0 Å². The van der Waals surface area contributed by atoms with Crippen LogP contribution in [0.5, 0.6) is 5.88 Å². The molecular formula is C21H17N5O4S. The van der Waals surface area contributed by atoms with Crippen LogP contribution in [0.2, 0.25) is 0 Å². The Morgan fingerprint density at radius 3 is 2.26 bits per heavy atom. The van der Waals surface area contributed by atoms with Gasteiger partial charge < -0.3 is 9.84 Å². The molecule has 0 saturated carbocycles. The van der Waals surface area contributed by atoms with Gasteiger partial charge in [-0.1, -0.05) is 36.4 Å². The molecule has 0 bridgehead atoms. The fraction of sp³-hybridized carbons (Fsp3) is 0.0952. The van der Waals surface area contributed by atoms with E-state index in [1.165, 1.54) is 14.7 Å². The highest BCUT2D eigenvalue weighted by Crippen LogP contribution is 2.30. The van der Waals surface area contributed by atoms with Gasteiger partial charge in [-0.25, -0.2) is 19.1 Å². The molecule has 1 N–H and O–H groups in total. The van der Waals surface area contributed by atoms with E-state index in [0.29, 0.717) is 11.4 Å². The smallest absolute Gasteiger partial charge is 0.357 e. The third-order valence-electron chi connectivity index (χ3n) is 4.22. The van der Waals surface area contributed by atoms with Crippen molar-refractivity contribution in [2.45, 2.75) is 6.92 Å². The largest absolute Gasteiger partial charge is 0.492 e. The van der Waals surface area contributed by atoms with Crippen LogP contribution < -0.4 is 5.56 Å². The zero-order chi connectivity index (χ0) is 21.8. The number of para-hydroxylation sites is 2. The highest BCUT2D eigenvalue weighted by atomic mass is 32.1. The second kappa shape index (κ2) is 8.76. The lowest BCUT2D eigenvalue weighted by molar-refractivity contribution is 0.0520. The van der Waals surface area contributed by atoms with Crippen LogP contribution >= 0.6 is 11.3 Å². The van der Waals surface area contributed by atoms with Gasteiger partial charge in [-0.05, 0) is 31.2 Å². The summed E-state index contributed by atoms with van der Waals surface area (Å²) in [5, 5.41) is 20.4. The van der Waals surface area contributed by atoms with Crippen molar-refractivity contribution in [1.82, 2.24) is 14.3 Å². The quantitative estimate of drug-likeness (QED) is 0.357. The third-order valence-corrected chi connectivity index (χ3v) is 4.95. The summed E-state index contributed by atoms with van der Waals surface area (Å²) in [4.78, 5) is 28.9. The molecule has 4 rings (SSSR count). The van der Waals surface area contributed by atoms with Gasteiger partial charge in [0.05, 0.1) is 18.0 Å². The van der Waals surface area contributed by atoms with Crippen molar-refractivity contribution >= 4 is 28.1 Å². The highest BCUT2D eigenvalue weighted by Gasteiger charge is 2.22. The molecule has 9 nitrogen and oxygen atoms in total. The minimum atomic E-state index is -0.565. The first-order valence-corrected chi connectivity index (χ1v) is 10.2. The predicted octanol–water partition coefficient (Wildman–Crippen LogP) is 4.38. The van der Waals surface area contributed by atoms with Gasteiger partial charge in [0.1, 0.15) is 0 Å². The fourth-order valence-electron chi connectivity index (χ4n) is 2.88. The van der Waals surface area contributed by atoms with Crippen LogP contribution in [0.1, 0.15) is 17.4 Å². The number of nitrogens with zero attached hydrogens (tertiary/aromatic N) is 5. The normalized spacial score (nSPS) is 11.1. The van der Waals surface area contributed by atoms with Crippen LogP contribution in [0.15, 0.2) is 81.1 Å². The van der Waals surface area contributed by atoms with Gasteiger partial charge in [-0.2, -0.15) is 0 Å². The standard InChI is InChI=1S/C21H17N5O4S/c1-2-30-20(29)16-13-31-21(22-16)24-23-17-18(27)25(14-9-5-3-6-10-14)26(19(17)28)15-11-7-4-8-12-15/h3-13,27H,2H2,1H3. The van der Waals surface area contributed by atoms with Gasteiger partial charge in [0.25, 0.3) is 0 Å². The molecule has 2 aromatic heterocycles. The number of hydrogen-bond acceptors (Lipinski definition) is 8. The first-order valence-electron chi connectivity index (χ1n) is 9.32. The molecule has 0 atom stereocenters. The summed E-state index contributed by atoms with van der Waals surface area (Å²) in [5.74, 6) is -0.935. The maximum Gasteiger partial charge on any atom is 0.357 e. The second-order valence-corrected chi connectivity index (χ2v) is 7.04. The molecular weight excluding hydrogens is 418 g/mol. The van der Waals surface area contributed by atoms with Crippen LogP contribution in [0, 0.1) is 0 Å². The van der Waals surface area contributed by atoms with E-state index in [-0.39, 0.29) is 29.0 Å². The Labute approximate surface area is 180 Å². The molecule has 156 valence electrons. The maximum absolute atomic E-state index is 13.1. The Hall–Kier alpha value is -4.05. The SMILES string of the molecule is CCOC(=O)c1csc(N=Nc2c(O)n(-c3ccccc3)n(-c3ccccc3)c2=O)n1. The Morgan fingerprint density at radius 2 is 1.65 bits per heavy atom. The molecule has 10 heteroatoms. The van der Waals surface area contributed by atoms with Crippen LogP contribution in [-0.2, 0) is 4.74 Å². The van der Waals surface area contributed by atoms with E-state index in [1.54, 1.807) is 55.5 Å². The Bertz CT molecular complexity index is 1290. The molecule has 0 radical (unpaired) electrons. The first-order chi connectivity index (χ1) is 15.1. The topological polar surface area (TPSA) is 111 Å². The van der Waals surface area contributed by atoms with Gasteiger partial charge in [-0.3, -0.25) is 4.79 Å². The molecule has 0 amide bonds. The summed E-state index contributed by atoms with van der Waals surface area (Å²) < 4.78 is 7.57. The van der Waals surface area contributed by atoms with Gasteiger partial charge in [0.2, 0.25) is 16.7 Å². The van der Waals surface area contributed by atoms with E-state index in [1.807, 2.05) is 12.1 Å². The number of benzene rings is 2. The minimum absolute atomic E-state index is 0.105. The fourth-order valence-corrected chi connectivity index (χ4v) is 3.48. The van der Waals surface area contributed by atoms with E-state index in [9.17, 15) is 14.7 Å². The average Bonchev–Trinajstić information content (AvgIpc) is 3.36. The minimum Gasteiger partial charge on any atom is -0.492 e. The van der Waals surface area contributed by atoms with E-state index in [0.717, 1.165) is 11.3 Å². The van der Waals surface area contributed by atoms with Crippen LogP contribution in [0.25, 0.3) is 11.4 Å². The molecule has 2 aromatic carbocycles. The summed E-state index contributed by atoms with van der Waals surface area (Å²) in [7, 11) is 0. The lowest BCUT2D eigenvalue weighted by Crippen LogP contribution is -2.20. The van der Waals surface area contributed by atoms with Crippen LogP contribution in [-0.4, -0.2) is 32.0 Å². The number of ether oxygens (including phenoxy) is 1. The monoisotopic (exact) mass is 435 g/mol. The molecule has 2 heterocycles. The zero-order valence-corrected chi connectivity index (χ0v) is 17.2. The number of hydrogen-bond donors (Lipinski definition) is 1. The van der Waals surface area contributed by atoms with E-state index in [2.05, 4.69) is 15.2 Å². The van der Waals surface area contributed by atoms with Crippen molar-refractivity contribution in [3.63, 3.8) is 0 Å². The summed E-state index contributed by atoms with van der Waals surface area (Å²) in [6.45, 7) is 1.93. The number of carbonyl (C=O) groups excluding carboxylic acids is 1. The van der Waals surface area contributed by atoms with Crippen molar-refractivity contribution in [3.8, 4) is 17.3 Å². The number of carbonyl (C=O) groups is 1. The number of thiazole rings is 1. The van der Waals surface area contributed by atoms with E-state index >= 15 is 0 Å². The Morgan fingerprint density at radius 1 is 1.03 bits per heavy atom. The van der Waals surface area contributed by atoms with Crippen molar-refractivity contribution < 1.29 is 14.6 Å². The molecule has 0 saturated heterocycles. The molecule has 31 heavy (non-hydrogen) atoms. The van der Waals surface area contributed by atoms with Crippen molar-refractivity contribution in [2.75, 3.05) is 6.61 Å². The number of aromatic hydroxyl groups is 1. The molecule has 0 fully saturated rings. The lowest BCUT2D eigenvalue weighted by atomic mass is 10.3. The molecule has 0 unspecified atom stereocenters. The van der Waals surface area contributed by atoms with Crippen molar-refractivity contribution in [2.24, 2.45) is 10.2 Å². The van der Waals surface area contributed by atoms with Crippen molar-refractivity contribution in [3.05, 3.63) is 82.1 Å². The number of rotatable bonds is 6. The number of aromatic nitrogens is 3. The first kappa shape index (κ1) is 20.2. The zero-order valence-electron chi connectivity index (χ0n) is 16.4. The third kappa shape index (κ3) is 4.01. The average molecular weight is 435 g/mol. The van der Waals surface area contributed by atoms with E-state index in [4.69, 9.17) is 4.74 Å². The summed E-state index contributed by atoms with van der Waals surface area (Å²) in [6.07, 6.45) is 0. The van der Waals surface area contributed by atoms with Crippen LogP contribution in [0.4, 0.5) is 10.8 Å². The summed E-state index contributed by atoms with van der Waals surface area (Å²) in [6, 6.07) is 17.8. The maximum atomic E-state index is 13.1. The summed E-state index contributed by atoms with van der Waals surface area (Å²) in [5.41, 5.74) is 0.417. The number of esters is 1. The van der Waals surface area contributed by atoms with Gasteiger partial charge >= 0.3 is 11.5 Å². The molecule has 0 spiro atoms. The Balaban J connectivity index is 1.79. The van der Waals surface area contributed by atoms with E-state index < -0.39 is 11.5 Å². The van der Waals surface area contributed by atoms with Gasteiger partial charge in [0.15, 0.2) is 5.69 Å². The highest BCUT2D eigenvalue weighted by molar-refractivity contribution is 7.13. The lowest BCUT2D eigenvalue weighted by Gasteiger charge is -2.12. The number of azo groups is 1. The van der Waals surface area contributed by atoms with Gasteiger partial charge in [-0.15, -0.1) is 21.6 Å². The Kier molecular flexibility index (Phi) is 5.72. The molecule has 4 aromatic rings. The van der Waals surface area contributed by atoms with Crippen molar-refractivity contribution in [1.29, 1.82) is 0 Å². The summed E-state index contributed by atoms with van der Waals surface area (Å²) >= 11 is 1.07.